The fourth-order valence-electron chi connectivity index (χ4n) is 3.57. The highest BCUT2D eigenvalue weighted by Gasteiger charge is 2.24. The van der Waals surface area contributed by atoms with Gasteiger partial charge >= 0.3 is 0 Å². The fraction of sp³-hybridized carbons (Fsp3) is 0.125. The lowest BCUT2D eigenvalue weighted by molar-refractivity contribution is 0.0946. The fourth-order valence-corrected chi connectivity index (χ4v) is 4.56. The topological polar surface area (TPSA) is 76.1 Å². The van der Waals surface area contributed by atoms with E-state index in [9.17, 15) is 4.79 Å². The SMILES string of the molecule is O=C(NCc1ccncc1)c1csc(CC2Nc3cc(Cl)ccc3Oc3ccccc32)n1. The number of amides is 1. The van der Waals surface area contributed by atoms with Gasteiger partial charge in [0.25, 0.3) is 5.91 Å². The number of nitrogens with zero attached hydrogens (tertiary/aromatic N) is 2. The molecular weight excluding hydrogens is 444 g/mol. The van der Waals surface area contributed by atoms with Crippen LogP contribution in [0.4, 0.5) is 5.69 Å². The monoisotopic (exact) mass is 462 g/mol. The van der Waals surface area contributed by atoms with Gasteiger partial charge in [0.15, 0.2) is 5.75 Å². The number of thiazole rings is 1. The normalized spacial score (nSPS) is 14.3. The van der Waals surface area contributed by atoms with E-state index in [4.69, 9.17) is 16.3 Å². The molecule has 0 spiro atoms. The van der Waals surface area contributed by atoms with Crippen LogP contribution in [0, 0.1) is 0 Å². The molecule has 8 heteroatoms. The van der Waals surface area contributed by atoms with Crippen LogP contribution in [0.2, 0.25) is 5.02 Å². The second-order valence-corrected chi connectivity index (χ2v) is 8.73. The standard InChI is InChI=1S/C24H19ClN4O2S/c25-16-5-6-22-19(11-16)28-18(17-3-1-2-4-21(17)31-22)12-23-29-20(14-32-23)24(30)27-13-15-7-9-26-10-8-15/h1-11,14,18,28H,12-13H2,(H,27,30). The molecule has 2 aromatic heterocycles. The first-order valence-electron chi connectivity index (χ1n) is 10.1. The van der Waals surface area contributed by atoms with E-state index in [1.54, 1.807) is 17.8 Å². The summed E-state index contributed by atoms with van der Waals surface area (Å²) < 4.78 is 6.14. The zero-order valence-electron chi connectivity index (χ0n) is 16.9. The number of aromatic nitrogens is 2. The first kappa shape index (κ1) is 20.5. The number of pyridine rings is 1. The molecule has 32 heavy (non-hydrogen) atoms. The Labute approximate surface area is 194 Å². The second-order valence-electron chi connectivity index (χ2n) is 7.35. The van der Waals surface area contributed by atoms with E-state index < -0.39 is 0 Å². The van der Waals surface area contributed by atoms with Crippen molar-refractivity contribution in [2.75, 3.05) is 5.32 Å². The third-order valence-corrected chi connectivity index (χ3v) is 6.26. The third-order valence-electron chi connectivity index (χ3n) is 5.15. The Kier molecular flexibility index (Phi) is 5.75. The van der Waals surface area contributed by atoms with Crippen molar-refractivity contribution in [2.24, 2.45) is 0 Å². The average molecular weight is 463 g/mol. The van der Waals surface area contributed by atoms with Crippen molar-refractivity contribution in [1.29, 1.82) is 0 Å². The number of benzene rings is 2. The van der Waals surface area contributed by atoms with E-state index in [0.717, 1.165) is 33.3 Å². The van der Waals surface area contributed by atoms with Gasteiger partial charge in [0, 0.05) is 41.3 Å². The molecule has 1 aliphatic heterocycles. The van der Waals surface area contributed by atoms with Crippen LogP contribution in [0.3, 0.4) is 0 Å². The highest BCUT2D eigenvalue weighted by Crippen LogP contribution is 2.42. The molecule has 1 atom stereocenters. The zero-order valence-corrected chi connectivity index (χ0v) is 18.5. The van der Waals surface area contributed by atoms with Gasteiger partial charge in [-0.3, -0.25) is 9.78 Å². The van der Waals surface area contributed by atoms with E-state index in [2.05, 4.69) is 20.6 Å². The van der Waals surface area contributed by atoms with Gasteiger partial charge < -0.3 is 15.4 Å². The van der Waals surface area contributed by atoms with Crippen LogP contribution in [0.1, 0.15) is 32.7 Å². The summed E-state index contributed by atoms with van der Waals surface area (Å²) in [6.07, 6.45) is 4.01. The molecule has 0 radical (unpaired) electrons. The van der Waals surface area contributed by atoms with Crippen LogP contribution in [-0.4, -0.2) is 15.9 Å². The Morgan fingerprint density at radius 1 is 1.12 bits per heavy atom. The summed E-state index contributed by atoms with van der Waals surface area (Å²) in [6, 6.07) is 17.1. The molecular formula is C24H19ClN4O2S. The summed E-state index contributed by atoms with van der Waals surface area (Å²) >= 11 is 7.68. The number of fused-ring (bicyclic) bond motifs is 2. The van der Waals surface area contributed by atoms with Crippen LogP contribution in [-0.2, 0) is 13.0 Å². The average Bonchev–Trinajstić information content (AvgIpc) is 3.22. The van der Waals surface area contributed by atoms with Crippen LogP contribution >= 0.6 is 22.9 Å². The van der Waals surface area contributed by atoms with Crippen molar-refractivity contribution in [3.05, 3.63) is 99.2 Å². The van der Waals surface area contributed by atoms with E-state index in [0.29, 0.717) is 23.7 Å². The smallest absolute Gasteiger partial charge is 0.271 e. The molecule has 6 nitrogen and oxygen atoms in total. The van der Waals surface area contributed by atoms with E-state index in [1.807, 2.05) is 54.6 Å². The Bertz CT molecular complexity index is 1260. The van der Waals surface area contributed by atoms with Crippen LogP contribution < -0.4 is 15.4 Å². The van der Waals surface area contributed by atoms with Crippen molar-refractivity contribution in [3.8, 4) is 11.5 Å². The van der Waals surface area contributed by atoms with E-state index in [-0.39, 0.29) is 11.9 Å². The van der Waals surface area contributed by atoms with Crippen molar-refractivity contribution >= 4 is 34.5 Å². The largest absolute Gasteiger partial charge is 0.455 e. The number of rotatable bonds is 5. The Hall–Kier alpha value is -3.42. The minimum atomic E-state index is -0.195. The van der Waals surface area contributed by atoms with E-state index in [1.165, 1.54) is 11.3 Å². The zero-order chi connectivity index (χ0) is 21.9. The minimum Gasteiger partial charge on any atom is -0.455 e. The number of carbonyl (C=O) groups excluding carboxylic acids is 1. The molecule has 2 aromatic carbocycles. The minimum absolute atomic E-state index is 0.0789. The summed E-state index contributed by atoms with van der Waals surface area (Å²) in [5, 5.41) is 9.73. The molecule has 0 aliphatic carbocycles. The van der Waals surface area contributed by atoms with Gasteiger partial charge in [0.05, 0.1) is 16.7 Å². The molecule has 0 saturated carbocycles. The number of hydrogen-bond acceptors (Lipinski definition) is 6. The van der Waals surface area contributed by atoms with Crippen LogP contribution in [0.15, 0.2) is 72.4 Å². The molecule has 0 fully saturated rings. The van der Waals surface area contributed by atoms with Gasteiger partial charge in [-0.05, 0) is 42.0 Å². The first-order chi connectivity index (χ1) is 15.7. The summed E-state index contributed by atoms with van der Waals surface area (Å²) in [7, 11) is 0. The number of nitrogens with one attached hydrogen (secondary N) is 2. The van der Waals surface area contributed by atoms with Gasteiger partial charge in [-0.25, -0.2) is 4.98 Å². The maximum atomic E-state index is 12.5. The molecule has 1 unspecified atom stereocenters. The van der Waals surface area contributed by atoms with Gasteiger partial charge in [0.1, 0.15) is 11.4 Å². The molecule has 4 aromatic rings. The molecule has 3 heterocycles. The van der Waals surface area contributed by atoms with Crippen molar-refractivity contribution in [1.82, 2.24) is 15.3 Å². The molecule has 0 saturated heterocycles. The lowest BCUT2D eigenvalue weighted by Gasteiger charge is -2.18. The first-order valence-corrected chi connectivity index (χ1v) is 11.4. The van der Waals surface area contributed by atoms with E-state index >= 15 is 0 Å². The highest BCUT2D eigenvalue weighted by atomic mass is 35.5. The molecule has 160 valence electrons. The van der Waals surface area contributed by atoms with Gasteiger partial charge in [-0.2, -0.15) is 0 Å². The number of para-hydroxylation sites is 1. The number of hydrogen-bond donors (Lipinski definition) is 2. The third kappa shape index (κ3) is 4.44. The Morgan fingerprint density at radius 2 is 1.97 bits per heavy atom. The predicted molar refractivity (Wildman–Crippen MR) is 126 cm³/mol. The Morgan fingerprint density at radius 3 is 2.84 bits per heavy atom. The summed E-state index contributed by atoms with van der Waals surface area (Å²) in [5.41, 5.74) is 3.25. The maximum Gasteiger partial charge on any atom is 0.271 e. The predicted octanol–water partition coefficient (Wildman–Crippen LogP) is 5.62. The summed E-state index contributed by atoms with van der Waals surface area (Å²) in [4.78, 5) is 21.1. The molecule has 2 N–H and O–H groups in total. The lowest BCUT2D eigenvalue weighted by atomic mass is 10.0. The number of halogens is 1. The second kappa shape index (κ2) is 8.98. The molecule has 0 bridgehead atoms. The van der Waals surface area contributed by atoms with Crippen molar-refractivity contribution in [2.45, 2.75) is 19.0 Å². The van der Waals surface area contributed by atoms with Gasteiger partial charge in [0.2, 0.25) is 0 Å². The maximum absolute atomic E-state index is 12.5. The Balaban J connectivity index is 1.34. The van der Waals surface area contributed by atoms with Gasteiger partial charge in [-0.15, -0.1) is 11.3 Å². The van der Waals surface area contributed by atoms with Crippen molar-refractivity contribution < 1.29 is 9.53 Å². The van der Waals surface area contributed by atoms with Crippen LogP contribution in [0.25, 0.3) is 0 Å². The number of carbonyl (C=O) groups is 1. The van der Waals surface area contributed by atoms with Crippen LogP contribution in [0.5, 0.6) is 11.5 Å². The number of ether oxygens (including phenoxy) is 1. The van der Waals surface area contributed by atoms with Crippen molar-refractivity contribution in [3.63, 3.8) is 0 Å². The molecule has 1 amide bonds. The quantitative estimate of drug-likeness (QED) is 0.402. The number of anilines is 1. The summed E-state index contributed by atoms with van der Waals surface area (Å²) in [5.74, 6) is 1.32. The highest BCUT2D eigenvalue weighted by molar-refractivity contribution is 7.09. The lowest BCUT2D eigenvalue weighted by Crippen LogP contribution is -2.23. The van der Waals surface area contributed by atoms with Gasteiger partial charge in [-0.1, -0.05) is 29.8 Å². The molecule has 1 aliphatic rings. The summed E-state index contributed by atoms with van der Waals surface area (Å²) in [6.45, 7) is 0.431. The molecule has 5 rings (SSSR count).